The van der Waals surface area contributed by atoms with Crippen molar-refractivity contribution in [3.63, 3.8) is 0 Å². The lowest BCUT2D eigenvalue weighted by molar-refractivity contribution is -0.141. The molecule has 1 aromatic rings. The SMILES string of the molecule is COP(OCCC#N)N(C(C)C)C(C)C.Cc1cn([C@H]2CN(C3CCCCC3)C[C@@H](COI)O2)c(=O)[nH]c1=O. The lowest BCUT2D eigenvalue weighted by Gasteiger charge is -2.43. The number of H-pyrrole nitrogens is 1. The Bertz CT molecular complexity index is 1000. The molecule has 0 radical (unpaired) electrons. The van der Waals surface area contributed by atoms with E-state index in [4.69, 9.17) is 22.1 Å². The Labute approximate surface area is 247 Å². The molecule has 2 heterocycles. The number of ether oxygens (including phenoxy) is 1. The van der Waals surface area contributed by atoms with E-state index in [1.165, 1.54) is 36.7 Å². The van der Waals surface area contributed by atoms with E-state index in [0.717, 1.165) is 6.54 Å². The minimum atomic E-state index is -1.03. The summed E-state index contributed by atoms with van der Waals surface area (Å²) in [6.45, 7) is 12.5. The van der Waals surface area contributed by atoms with Gasteiger partial charge in [-0.1, -0.05) is 19.3 Å². The van der Waals surface area contributed by atoms with Crippen LogP contribution in [0.1, 0.15) is 78.0 Å². The fourth-order valence-electron chi connectivity index (χ4n) is 5.06. The van der Waals surface area contributed by atoms with Crippen LogP contribution in [0.3, 0.4) is 0 Å². The van der Waals surface area contributed by atoms with Gasteiger partial charge in [-0.3, -0.25) is 19.2 Å². The highest BCUT2D eigenvalue weighted by Gasteiger charge is 2.34. The molecule has 3 rings (SSSR count). The van der Waals surface area contributed by atoms with Crippen LogP contribution in [0.2, 0.25) is 0 Å². The molecule has 11 nitrogen and oxygen atoms in total. The summed E-state index contributed by atoms with van der Waals surface area (Å²) in [6.07, 6.45) is 7.75. The number of aromatic nitrogens is 2. The summed E-state index contributed by atoms with van der Waals surface area (Å²) in [6, 6.07) is 3.35. The van der Waals surface area contributed by atoms with Gasteiger partial charge in [0.25, 0.3) is 14.1 Å². The molecule has 1 N–H and O–H groups in total. The number of hydrogen-bond donors (Lipinski definition) is 1. The molecule has 2 aliphatic rings. The van der Waals surface area contributed by atoms with Gasteiger partial charge < -0.3 is 16.9 Å². The average Bonchev–Trinajstić information content (AvgIpc) is 2.90. The quantitative estimate of drug-likeness (QED) is 0.202. The lowest BCUT2D eigenvalue weighted by atomic mass is 9.93. The number of nitrogens with one attached hydrogen (secondary N) is 1. The maximum Gasteiger partial charge on any atom is 0.330 e. The molecule has 0 bridgehead atoms. The first-order chi connectivity index (χ1) is 18.6. The first-order valence-electron chi connectivity index (χ1n) is 13.7. The van der Waals surface area contributed by atoms with Crippen LogP contribution in [0.4, 0.5) is 0 Å². The molecule has 0 aromatic carbocycles. The number of aromatic amines is 1. The maximum absolute atomic E-state index is 12.2. The summed E-state index contributed by atoms with van der Waals surface area (Å²) >= 11 is 1.87. The Morgan fingerprint density at radius 1 is 1.21 bits per heavy atom. The molecule has 39 heavy (non-hydrogen) atoms. The third kappa shape index (κ3) is 10.8. The number of rotatable bonds is 11. The van der Waals surface area contributed by atoms with Crippen LogP contribution in [0.15, 0.2) is 15.8 Å². The molecule has 1 aromatic heterocycles. The highest BCUT2D eigenvalue weighted by molar-refractivity contribution is 14.1. The molecule has 222 valence electrons. The first kappa shape index (κ1) is 34.3. The van der Waals surface area contributed by atoms with Crippen molar-refractivity contribution < 1.29 is 16.9 Å². The minimum absolute atomic E-state index is 0.0817. The number of aryl methyl sites for hydroxylation is 1. The summed E-state index contributed by atoms with van der Waals surface area (Å²) in [4.78, 5) is 28.6. The third-order valence-corrected chi connectivity index (χ3v) is 9.17. The normalized spacial score (nSPS) is 21.6. The van der Waals surface area contributed by atoms with Crippen LogP contribution in [0.5, 0.6) is 0 Å². The lowest BCUT2D eigenvalue weighted by Crippen LogP contribution is -2.53. The number of nitriles is 1. The number of nitrogens with zero attached hydrogens (tertiary/aromatic N) is 4. The van der Waals surface area contributed by atoms with Crippen molar-refractivity contribution in [2.75, 3.05) is 33.4 Å². The monoisotopic (exact) mass is 681 g/mol. The minimum Gasteiger partial charge on any atom is -0.349 e. The largest absolute Gasteiger partial charge is 0.349 e. The zero-order chi connectivity index (χ0) is 28.9. The predicted octanol–water partition coefficient (Wildman–Crippen LogP) is 4.65. The number of hydrogen-bond acceptors (Lipinski definition) is 9. The summed E-state index contributed by atoms with van der Waals surface area (Å²) in [7, 11) is 0.618. The van der Waals surface area contributed by atoms with E-state index >= 15 is 0 Å². The predicted molar refractivity (Wildman–Crippen MR) is 161 cm³/mol. The Morgan fingerprint density at radius 2 is 1.87 bits per heavy atom. The van der Waals surface area contributed by atoms with Crippen molar-refractivity contribution in [2.45, 2.75) is 104 Å². The molecule has 1 unspecified atom stereocenters. The van der Waals surface area contributed by atoms with Crippen LogP contribution in [0, 0.1) is 18.3 Å². The maximum atomic E-state index is 12.2. The molecule has 1 saturated carbocycles. The van der Waals surface area contributed by atoms with Gasteiger partial charge in [0, 0.05) is 50.1 Å². The third-order valence-electron chi connectivity index (χ3n) is 6.79. The second-order valence-electron chi connectivity index (χ2n) is 10.4. The number of morpholine rings is 1. The highest BCUT2D eigenvalue weighted by atomic mass is 127. The van der Waals surface area contributed by atoms with Gasteiger partial charge in [-0.2, -0.15) is 5.26 Å². The van der Waals surface area contributed by atoms with Gasteiger partial charge in [0.2, 0.25) is 0 Å². The Hall–Kier alpha value is -0.910. The fraction of sp³-hybridized carbons (Fsp3) is 0.808. The van der Waals surface area contributed by atoms with E-state index in [1.54, 1.807) is 20.2 Å². The van der Waals surface area contributed by atoms with Gasteiger partial charge in [0.15, 0.2) is 6.23 Å². The van der Waals surface area contributed by atoms with Gasteiger partial charge in [0.05, 0.1) is 31.8 Å². The first-order valence-corrected chi connectivity index (χ1v) is 15.7. The van der Waals surface area contributed by atoms with Gasteiger partial charge >= 0.3 is 5.69 Å². The summed E-state index contributed by atoms with van der Waals surface area (Å²) in [5, 5.41) is 8.43. The Kier molecular flexibility index (Phi) is 15.7. The van der Waals surface area contributed by atoms with E-state index in [-0.39, 0.29) is 11.7 Å². The molecule has 1 aliphatic carbocycles. The highest BCUT2D eigenvalue weighted by Crippen LogP contribution is 2.44. The molecule has 0 amide bonds. The molecular weight excluding hydrogens is 636 g/mol. The van der Waals surface area contributed by atoms with E-state index < -0.39 is 20.4 Å². The van der Waals surface area contributed by atoms with Crippen molar-refractivity contribution in [3.05, 3.63) is 32.6 Å². The van der Waals surface area contributed by atoms with Gasteiger partial charge in [-0.05, 0) is 47.5 Å². The Balaban J connectivity index is 0.000000309. The number of halogens is 1. The van der Waals surface area contributed by atoms with E-state index in [2.05, 4.69) is 48.3 Å². The van der Waals surface area contributed by atoms with E-state index in [1.807, 2.05) is 23.0 Å². The molecule has 13 heteroatoms. The molecule has 1 saturated heterocycles. The second kappa shape index (κ2) is 17.8. The molecule has 2 fully saturated rings. The van der Waals surface area contributed by atoms with Crippen molar-refractivity contribution in [1.29, 1.82) is 5.26 Å². The molecular formula is C26H45IN5O6P. The second-order valence-corrected chi connectivity index (χ2v) is 12.6. The standard InChI is InChI=1S/C16H24IN3O4.C10H21N2O2P/c1-11-7-20(16(22)18-15(11)21)14-9-19(8-13(24-14)10-23-17)12-5-3-2-4-6-12;1-9(2)12(10(3)4)15(13-5)14-8-6-7-11/h7,12-14H,2-6,8-10H2,1H3,(H,18,21,22);9-10H,6,8H2,1-5H3/t13-,14+;/m0./s1. The van der Waals surface area contributed by atoms with Crippen LogP contribution < -0.4 is 11.2 Å². The summed E-state index contributed by atoms with van der Waals surface area (Å²) in [5.74, 6) is 0. The van der Waals surface area contributed by atoms with Crippen LogP contribution >= 0.6 is 31.5 Å². The van der Waals surface area contributed by atoms with Gasteiger partial charge in [-0.25, -0.2) is 9.46 Å². The van der Waals surface area contributed by atoms with E-state index in [0.29, 0.717) is 49.9 Å². The topological polar surface area (TPSA) is 122 Å². The summed E-state index contributed by atoms with van der Waals surface area (Å²) in [5.41, 5.74) is -0.256. The zero-order valence-corrected chi connectivity index (χ0v) is 27.2. The molecule has 3 atom stereocenters. The van der Waals surface area contributed by atoms with Crippen molar-refractivity contribution in [1.82, 2.24) is 19.1 Å². The van der Waals surface area contributed by atoms with Crippen molar-refractivity contribution in [2.24, 2.45) is 0 Å². The molecule has 1 aliphatic heterocycles. The van der Waals surface area contributed by atoms with Crippen LogP contribution in [0.25, 0.3) is 0 Å². The summed E-state index contributed by atoms with van der Waals surface area (Å²) < 4.78 is 25.9. The van der Waals surface area contributed by atoms with Gasteiger partial charge in [-0.15, -0.1) is 0 Å². The van der Waals surface area contributed by atoms with E-state index in [9.17, 15) is 9.59 Å². The van der Waals surface area contributed by atoms with Crippen molar-refractivity contribution in [3.8, 4) is 6.07 Å². The molecule has 0 spiro atoms. The van der Waals surface area contributed by atoms with Crippen LogP contribution in [-0.4, -0.2) is 76.8 Å². The average molecular weight is 682 g/mol. The smallest absolute Gasteiger partial charge is 0.330 e. The Morgan fingerprint density at radius 3 is 2.44 bits per heavy atom. The van der Waals surface area contributed by atoms with Gasteiger partial charge in [0.1, 0.15) is 23.0 Å². The fourth-order valence-corrected chi connectivity index (χ4v) is 6.89. The van der Waals surface area contributed by atoms with Crippen molar-refractivity contribution >= 4 is 31.5 Å². The zero-order valence-electron chi connectivity index (χ0n) is 24.1. The van der Waals surface area contributed by atoms with Crippen LogP contribution in [-0.2, 0) is 16.9 Å².